The van der Waals surface area contributed by atoms with Gasteiger partial charge in [-0.1, -0.05) is 19.3 Å². The second-order valence-electron chi connectivity index (χ2n) is 6.10. The van der Waals surface area contributed by atoms with Crippen molar-refractivity contribution >= 4 is 0 Å². The third-order valence-corrected chi connectivity index (χ3v) is 4.68. The number of rotatable bonds is 2. The third kappa shape index (κ3) is 3.21. The van der Waals surface area contributed by atoms with Gasteiger partial charge in [-0.05, 0) is 39.2 Å². The molecule has 1 saturated carbocycles. The van der Waals surface area contributed by atoms with Crippen molar-refractivity contribution in [2.24, 2.45) is 5.73 Å². The first-order valence-corrected chi connectivity index (χ1v) is 7.19. The molecule has 3 heteroatoms. The van der Waals surface area contributed by atoms with Crippen LogP contribution in [0.3, 0.4) is 0 Å². The van der Waals surface area contributed by atoms with Gasteiger partial charge in [0.25, 0.3) is 0 Å². The maximum atomic E-state index is 6.36. The van der Waals surface area contributed by atoms with Gasteiger partial charge in [0.1, 0.15) is 0 Å². The Hall–Kier alpha value is -0.120. The van der Waals surface area contributed by atoms with E-state index in [4.69, 9.17) is 10.5 Å². The fraction of sp³-hybridized carbons (Fsp3) is 1.00. The van der Waals surface area contributed by atoms with Crippen LogP contribution in [-0.4, -0.2) is 42.8 Å². The molecule has 2 fully saturated rings. The lowest BCUT2D eigenvalue weighted by Crippen LogP contribution is -2.55. The van der Waals surface area contributed by atoms with E-state index in [0.717, 1.165) is 6.54 Å². The quantitative estimate of drug-likeness (QED) is 0.752. The molecule has 1 aliphatic heterocycles. The molecule has 0 spiro atoms. The molecule has 0 aromatic rings. The zero-order valence-corrected chi connectivity index (χ0v) is 11.5. The van der Waals surface area contributed by atoms with Gasteiger partial charge in [-0.3, -0.25) is 4.90 Å². The van der Waals surface area contributed by atoms with Crippen LogP contribution in [0.5, 0.6) is 0 Å². The van der Waals surface area contributed by atoms with Crippen molar-refractivity contribution in [3.8, 4) is 0 Å². The summed E-state index contributed by atoms with van der Waals surface area (Å²) in [4.78, 5) is 2.60. The molecule has 1 saturated heterocycles. The van der Waals surface area contributed by atoms with E-state index in [-0.39, 0.29) is 5.60 Å². The van der Waals surface area contributed by atoms with E-state index >= 15 is 0 Å². The largest absolute Gasteiger partial charge is 0.377 e. The molecule has 0 bridgehead atoms. The molecule has 1 aliphatic carbocycles. The molecule has 100 valence electrons. The lowest BCUT2D eigenvalue weighted by Gasteiger charge is -2.44. The lowest BCUT2D eigenvalue weighted by molar-refractivity contribution is -0.0643. The Labute approximate surface area is 106 Å². The summed E-state index contributed by atoms with van der Waals surface area (Å²) in [5, 5.41) is 0. The van der Waals surface area contributed by atoms with Crippen LogP contribution in [0, 0.1) is 0 Å². The van der Waals surface area contributed by atoms with Crippen LogP contribution in [0.15, 0.2) is 0 Å². The molecule has 0 aromatic heterocycles. The monoisotopic (exact) mass is 240 g/mol. The van der Waals surface area contributed by atoms with E-state index in [2.05, 4.69) is 11.8 Å². The molecule has 0 amide bonds. The zero-order valence-electron chi connectivity index (χ0n) is 11.5. The minimum atomic E-state index is 0.0459. The van der Waals surface area contributed by atoms with Crippen molar-refractivity contribution in [2.45, 2.75) is 69.6 Å². The number of piperidine rings is 1. The minimum absolute atomic E-state index is 0.0459. The van der Waals surface area contributed by atoms with Crippen molar-refractivity contribution in [2.75, 3.05) is 20.2 Å². The molecular formula is C14H28N2O. The Kier molecular flexibility index (Phi) is 4.45. The number of ether oxygens (including phenoxy) is 1. The highest BCUT2D eigenvalue weighted by Crippen LogP contribution is 2.29. The number of hydrogen-bond acceptors (Lipinski definition) is 3. The third-order valence-electron chi connectivity index (χ3n) is 4.68. The van der Waals surface area contributed by atoms with Crippen molar-refractivity contribution in [3.05, 3.63) is 0 Å². The number of nitrogens with two attached hydrogens (primary N) is 1. The molecule has 2 N–H and O–H groups in total. The summed E-state index contributed by atoms with van der Waals surface area (Å²) < 4.78 is 5.68. The first kappa shape index (κ1) is 13.3. The van der Waals surface area contributed by atoms with Gasteiger partial charge in [0.05, 0.1) is 5.60 Å². The zero-order chi connectivity index (χ0) is 12.3. The highest BCUT2D eigenvalue weighted by molar-refractivity contribution is 4.92. The summed E-state index contributed by atoms with van der Waals surface area (Å²) in [6.45, 7) is 4.50. The normalized spacial score (nSPS) is 41.1. The van der Waals surface area contributed by atoms with Crippen molar-refractivity contribution in [1.29, 1.82) is 0 Å². The van der Waals surface area contributed by atoms with Crippen LogP contribution >= 0.6 is 0 Å². The lowest BCUT2D eigenvalue weighted by atomic mass is 9.91. The van der Waals surface area contributed by atoms with E-state index in [1.165, 1.54) is 51.5 Å². The molecule has 3 unspecified atom stereocenters. The van der Waals surface area contributed by atoms with Gasteiger partial charge >= 0.3 is 0 Å². The summed E-state index contributed by atoms with van der Waals surface area (Å²) in [7, 11) is 1.84. The standard InChI is InChI=1S/C14H28N2O/c1-14(17-2)9-6-10-16(11-14)13-8-5-3-4-7-12(13)15/h12-13H,3-11,15H2,1-2H3. The average molecular weight is 240 g/mol. The topological polar surface area (TPSA) is 38.5 Å². The second kappa shape index (κ2) is 5.68. The molecule has 2 rings (SSSR count). The number of hydrogen-bond donors (Lipinski definition) is 1. The van der Waals surface area contributed by atoms with Crippen LogP contribution in [0.2, 0.25) is 0 Å². The number of nitrogens with zero attached hydrogens (tertiary/aromatic N) is 1. The molecule has 2 aliphatic rings. The predicted octanol–water partition coefficient (Wildman–Crippen LogP) is 2.15. The predicted molar refractivity (Wildman–Crippen MR) is 71.1 cm³/mol. The van der Waals surface area contributed by atoms with Crippen molar-refractivity contribution in [1.82, 2.24) is 4.90 Å². The van der Waals surface area contributed by atoms with Crippen LogP contribution in [0.25, 0.3) is 0 Å². The van der Waals surface area contributed by atoms with Gasteiger partial charge in [0, 0.05) is 25.7 Å². The second-order valence-corrected chi connectivity index (χ2v) is 6.10. The number of methoxy groups -OCH3 is 1. The summed E-state index contributed by atoms with van der Waals surface area (Å²) in [6.07, 6.45) is 8.92. The maximum Gasteiger partial charge on any atom is 0.0777 e. The highest BCUT2D eigenvalue weighted by Gasteiger charge is 2.36. The molecule has 1 heterocycles. The van der Waals surface area contributed by atoms with E-state index in [0.29, 0.717) is 12.1 Å². The van der Waals surface area contributed by atoms with E-state index in [1.807, 2.05) is 7.11 Å². The maximum absolute atomic E-state index is 6.36. The van der Waals surface area contributed by atoms with Crippen LogP contribution in [0.1, 0.15) is 51.9 Å². The Balaban J connectivity index is 2.00. The molecule has 17 heavy (non-hydrogen) atoms. The van der Waals surface area contributed by atoms with Gasteiger partial charge in [-0.15, -0.1) is 0 Å². The fourth-order valence-electron chi connectivity index (χ4n) is 3.46. The van der Waals surface area contributed by atoms with Crippen LogP contribution in [-0.2, 0) is 4.74 Å². The summed E-state index contributed by atoms with van der Waals surface area (Å²) >= 11 is 0. The van der Waals surface area contributed by atoms with E-state index < -0.39 is 0 Å². The van der Waals surface area contributed by atoms with E-state index in [1.54, 1.807) is 0 Å². The molecule has 3 nitrogen and oxygen atoms in total. The molecule has 0 aromatic carbocycles. The minimum Gasteiger partial charge on any atom is -0.377 e. The van der Waals surface area contributed by atoms with Crippen molar-refractivity contribution < 1.29 is 4.74 Å². The first-order chi connectivity index (χ1) is 8.14. The highest BCUT2D eigenvalue weighted by atomic mass is 16.5. The molecule has 3 atom stereocenters. The Morgan fingerprint density at radius 1 is 1.18 bits per heavy atom. The smallest absolute Gasteiger partial charge is 0.0777 e. The summed E-state index contributed by atoms with van der Waals surface area (Å²) in [5.41, 5.74) is 6.40. The van der Waals surface area contributed by atoms with E-state index in [9.17, 15) is 0 Å². The van der Waals surface area contributed by atoms with Gasteiger partial charge in [0.2, 0.25) is 0 Å². The molecule has 0 radical (unpaired) electrons. The van der Waals surface area contributed by atoms with Gasteiger partial charge in [0.15, 0.2) is 0 Å². The fourth-order valence-corrected chi connectivity index (χ4v) is 3.46. The Morgan fingerprint density at radius 3 is 2.71 bits per heavy atom. The van der Waals surface area contributed by atoms with Gasteiger partial charge in [-0.25, -0.2) is 0 Å². The van der Waals surface area contributed by atoms with Crippen molar-refractivity contribution in [3.63, 3.8) is 0 Å². The average Bonchev–Trinajstić information content (AvgIpc) is 2.54. The first-order valence-electron chi connectivity index (χ1n) is 7.19. The summed E-state index contributed by atoms with van der Waals surface area (Å²) in [5.74, 6) is 0. The Morgan fingerprint density at radius 2 is 1.94 bits per heavy atom. The SMILES string of the molecule is COC1(C)CCCN(C2CCCCCC2N)C1. The van der Waals surface area contributed by atoms with Crippen LogP contribution in [0.4, 0.5) is 0 Å². The number of likely N-dealkylation sites (tertiary alicyclic amines) is 1. The summed E-state index contributed by atoms with van der Waals surface area (Å²) in [6, 6.07) is 0.962. The van der Waals surface area contributed by atoms with Crippen LogP contribution < -0.4 is 5.73 Å². The molecular weight excluding hydrogens is 212 g/mol. The van der Waals surface area contributed by atoms with Gasteiger partial charge in [-0.2, -0.15) is 0 Å². The van der Waals surface area contributed by atoms with Gasteiger partial charge < -0.3 is 10.5 Å². The Bertz CT molecular complexity index is 246.